The molecule has 0 spiro atoms. The summed E-state index contributed by atoms with van der Waals surface area (Å²) in [5.74, 6) is 0.547. The third kappa shape index (κ3) is 4.20. The number of nitrogens with one attached hydrogen (secondary N) is 1. The van der Waals surface area contributed by atoms with Crippen molar-refractivity contribution in [2.75, 3.05) is 26.3 Å². The van der Waals surface area contributed by atoms with Crippen molar-refractivity contribution in [3.05, 3.63) is 58.8 Å². The highest BCUT2D eigenvalue weighted by Gasteiger charge is 2.26. The maximum atomic E-state index is 12.7. The van der Waals surface area contributed by atoms with Crippen LogP contribution in [0.15, 0.2) is 57.3 Å². The molecule has 29 heavy (non-hydrogen) atoms. The molecule has 1 N–H and O–H groups in total. The van der Waals surface area contributed by atoms with Crippen molar-refractivity contribution in [1.29, 1.82) is 0 Å². The number of sulfonamides is 1. The molecule has 0 unspecified atom stereocenters. The normalized spacial score (nSPS) is 16.7. The molecular formula is C19H20N4O4S2. The summed E-state index contributed by atoms with van der Waals surface area (Å²) in [6, 6.07) is 10.4. The van der Waals surface area contributed by atoms with Gasteiger partial charge in [0.15, 0.2) is 0 Å². The number of ether oxygens (including phenoxy) is 1. The minimum Gasteiger partial charge on any atom is -0.379 e. The molecule has 4 rings (SSSR count). The van der Waals surface area contributed by atoms with Crippen molar-refractivity contribution in [1.82, 2.24) is 19.3 Å². The van der Waals surface area contributed by atoms with Gasteiger partial charge in [-0.05, 0) is 31.2 Å². The summed E-state index contributed by atoms with van der Waals surface area (Å²) in [7, 11) is -3.57. The second-order valence-electron chi connectivity index (χ2n) is 6.58. The Morgan fingerprint density at radius 3 is 2.66 bits per heavy atom. The van der Waals surface area contributed by atoms with Gasteiger partial charge in [0.1, 0.15) is 10.7 Å². The Hall–Kier alpha value is -2.27. The number of H-pyrrole nitrogens is 1. The molecule has 1 aliphatic rings. The summed E-state index contributed by atoms with van der Waals surface area (Å²) in [5, 5.41) is 1.03. The van der Waals surface area contributed by atoms with E-state index in [4.69, 9.17) is 4.74 Å². The fourth-order valence-electron chi connectivity index (χ4n) is 3.06. The number of pyridine rings is 1. The van der Waals surface area contributed by atoms with Gasteiger partial charge in [-0.15, -0.1) is 0 Å². The second kappa shape index (κ2) is 8.23. The van der Waals surface area contributed by atoms with Gasteiger partial charge in [0.2, 0.25) is 10.0 Å². The lowest BCUT2D eigenvalue weighted by Gasteiger charge is -2.25. The van der Waals surface area contributed by atoms with Gasteiger partial charge in [0.25, 0.3) is 5.56 Å². The van der Waals surface area contributed by atoms with E-state index in [2.05, 4.69) is 15.0 Å². The first-order valence-corrected chi connectivity index (χ1v) is 11.5. The molecule has 10 heteroatoms. The number of rotatable bonds is 5. The van der Waals surface area contributed by atoms with Crippen molar-refractivity contribution in [3.8, 4) is 0 Å². The lowest BCUT2D eigenvalue weighted by Crippen LogP contribution is -2.40. The van der Waals surface area contributed by atoms with Crippen LogP contribution in [0.5, 0.6) is 0 Å². The molecule has 0 amide bonds. The van der Waals surface area contributed by atoms with Gasteiger partial charge in [0, 0.05) is 19.3 Å². The van der Waals surface area contributed by atoms with E-state index in [1.807, 2.05) is 13.0 Å². The standard InChI is InChI=1S/C19H20N4O4S2/c1-13(18-21-16-5-3-2-4-15(16)19(24)22-18)28-17-7-6-14(12-20-17)29(25,26)23-8-10-27-11-9-23/h2-7,12-13H,8-11H2,1H3,(H,21,22,24)/t13-/m0/s1. The molecule has 1 atom stereocenters. The number of aromatic nitrogens is 3. The van der Waals surface area contributed by atoms with Crippen LogP contribution < -0.4 is 5.56 Å². The Morgan fingerprint density at radius 2 is 1.93 bits per heavy atom. The zero-order chi connectivity index (χ0) is 20.4. The Kier molecular flexibility index (Phi) is 5.68. The summed E-state index contributed by atoms with van der Waals surface area (Å²) in [4.78, 5) is 24.1. The molecule has 1 aromatic carbocycles. The maximum Gasteiger partial charge on any atom is 0.258 e. The number of thioether (sulfide) groups is 1. The number of para-hydroxylation sites is 1. The van der Waals surface area contributed by atoms with Gasteiger partial charge in [-0.2, -0.15) is 4.31 Å². The molecule has 1 fully saturated rings. The van der Waals surface area contributed by atoms with Crippen LogP contribution in [-0.2, 0) is 14.8 Å². The molecule has 0 bridgehead atoms. The highest BCUT2D eigenvalue weighted by molar-refractivity contribution is 7.99. The maximum absolute atomic E-state index is 12.7. The average Bonchev–Trinajstić information content (AvgIpc) is 2.75. The molecule has 0 aliphatic carbocycles. The topological polar surface area (TPSA) is 105 Å². The number of nitrogens with zero attached hydrogens (tertiary/aromatic N) is 3. The molecule has 3 heterocycles. The minimum atomic E-state index is -3.57. The van der Waals surface area contributed by atoms with Gasteiger partial charge in [-0.25, -0.2) is 18.4 Å². The van der Waals surface area contributed by atoms with E-state index in [0.29, 0.717) is 48.1 Å². The number of aromatic amines is 1. The summed E-state index contributed by atoms with van der Waals surface area (Å²) in [5.41, 5.74) is 0.455. The molecular weight excluding hydrogens is 412 g/mol. The smallest absolute Gasteiger partial charge is 0.258 e. The van der Waals surface area contributed by atoms with E-state index in [1.54, 1.807) is 30.3 Å². The van der Waals surface area contributed by atoms with Gasteiger partial charge in [-0.1, -0.05) is 23.9 Å². The summed E-state index contributed by atoms with van der Waals surface area (Å²) in [6.45, 7) is 3.40. The van der Waals surface area contributed by atoms with Crippen LogP contribution in [0.25, 0.3) is 10.9 Å². The van der Waals surface area contributed by atoms with E-state index >= 15 is 0 Å². The fraction of sp³-hybridized carbons (Fsp3) is 0.316. The lowest BCUT2D eigenvalue weighted by molar-refractivity contribution is 0.0730. The van der Waals surface area contributed by atoms with Crippen LogP contribution >= 0.6 is 11.8 Å². The van der Waals surface area contributed by atoms with Crippen molar-refractivity contribution < 1.29 is 13.2 Å². The van der Waals surface area contributed by atoms with Crippen LogP contribution in [0.2, 0.25) is 0 Å². The Labute approximate surface area is 172 Å². The summed E-state index contributed by atoms with van der Waals surface area (Å²) < 4.78 is 32.0. The molecule has 1 saturated heterocycles. The van der Waals surface area contributed by atoms with Gasteiger partial charge < -0.3 is 9.72 Å². The molecule has 1 aliphatic heterocycles. The highest BCUT2D eigenvalue weighted by Crippen LogP contribution is 2.32. The third-order valence-electron chi connectivity index (χ3n) is 4.63. The monoisotopic (exact) mass is 432 g/mol. The van der Waals surface area contributed by atoms with E-state index in [0.717, 1.165) is 0 Å². The first-order chi connectivity index (χ1) is 13.9. The Morgan fingerprint density at radius 1 is 1.17 bits per heavy atom. The van der Waals surface area contributed by atoms with Gasteiger partial charge in [-0.3, -0.25) is 4.79 Å². The van der Waals surface area contributed by atoms with Crippen LogP contribution in [-0.4, -0.2) is 54.0 Å². The molecule has 152 valence electrons. The molecule has 8 nitrogen and oxygen atoms in total. The zero-order valence-electron chi connectivity index (χ0n) is 15.7. The fourth-order valence-corrected chi connectivity index (χ4v) is 5.26. The predicted molar refractivity (Wildman–Crippen MR) is 110 cm³/mol. The van der Waals surface area contributed by atoms with Crippen molar-refractivity contribution in [3.63, 3.8) is 0 Å². The van der Waals surface area contributed by atoms with Gasteiger partial charge in [0.05, 0.1) is 34.4 Å². The molecule has 0 radical (unpaired) electrons. The quantitative estimate of drug-likeness (QED) is 0.616. The van der Waals surface area contributed by atoms with Gasteiger partial charge >= 0.3 is 0 Å². The Bertz CT molecular complexity index is 1170. The minimum absolute atomic E-state index is 0.161. The van der Waals surface area contributed by atoms with Crippen molar-refractivity contribution in [2.24, 2.45) is 0 Å². The largest absolute Gasteiger partial charge is 0.379 e. The lowest BCUT2D eigenvalue weighted by atomic mass is 10.2. The first kappa shape index (κ1) is 20.0. The highest BCUT2D eigenvalue weighted by atomic mass is 32.2. The van der Waals surface area contributed by atoms with Crippen molar-refractivity contribution in [2.45, 2.75) is 22.1 Å². The molecule has 3 aromatic rings. The van der Waals surface area contributed by atoms with E-state index in [-0.39, 0.29) is 15.7 Å². The summed E-state index contributed by atoms with van der Waals surface area (Å²) >= 11 is 1.40. The number of benzene rings is 1. The molecule has 0 saturated carbocycles. The third-order valence-corrected chi connectivity index (χ3v) is 7.57. The van der Waals surface area contributed by atoms with E-state index < -0.39 is 10.0 Å². The number of hydrogen-bond acceptors (Lipinski definition) is 7. The second-order valence-corrected chi connectivity index (χ2v) is 9.88. The van der Waals surface area contributed by atoms with E-state index in [1.165, 1.54) is 22.3 Å². The summed E-state index contributed by atoms with van der Waals surface area (Å²) in [6.07, 6.45) is 1.37. The SMILES string of the molecule is C[C@H](Sc1ccc(S(=O)(=O)N2CCOCC2)cn1)c1nc2ccccc2c(=O)[nH]1. The molecule has 2 aromatic heterocycles. The van der Waals surface area contributed by atoms with E-state index in [9.17, 15) is 13.2 Å². The average molecular weight is 433 g/mol. The van der Waals surface area contributed by atoms with Crippen LogP contribution in [0.1, 0.15) is 18.0 Å². The number of morpholine rings is 1. The zero-order valence-corrected chi connectivity index (χ0v) is 17.4. The number of fused-ring (bicyclic) bond motifs is 1. The number of hydrogen-bond donors (Lipinski definition) is 1. The first-order valence-electron chi connectivity index (χ1n) is 9.15. The van der Waals surface area contributed by atoms with Crippen LogP contribution in [0.4, 0.5) is 0 Å². The van der Waals surface area contributed by atoms with Crippen LogP contribution in [0, 0.1) is 0 Å². The Balaban J connectivity index is 1.52. The van der Waals surface area contributed by atoms with Crippen molar-refractivity contribution >= 4 is 32.7 Å². The predicted octanol–water partition coefficient (Wildman–Crippen LogP) is 2.19. The van der Waals surface area contributed by atoms with Crippen LogP contribution in [0.3, 0.4) is 0 Å².